The van der Waals surface area contributed by atoms with Crippen LogP contribution in [0, 0.1) is 0 Å². The molecule has 1 heterocycles. The van der Waals surface area contributed by atoms with E-state index in [1.165, 1.54) is 13.3 Å². The molecule has 0 amide bonds. The maximum absolute atomic E-state index is 10.4. The van der Waals surface area contributed by atoms with Crippen molar-refractivity contribution in [2.45, 2.75) is 12.5 Å². The molecular weight excluding hydrogens is 186 g/mol. The predicted molar refractivity (Wildman–Crippen MR) is 48.0 cm³/mol. The summed E-state index contributed by atoms with van der Waals surface area (Å²) in [7, 11) is 1.44. The summed E-state index contributed by atoms with van der Waals surface area (Å²) in [6, 6.07) is 3.27. The Kier molecular flexibility index (Phi) is 3.41. The Hall–Kier alpha value is -1.62. The lowest BCUT2D eigenvalue weighted by Gasteiger charge is -2.10. The molecule has 0 fully saturated rings. The van der Waals surface area contributed by atoms with Crippen LogP contribution >= 0.6 is 0 Å². The largest absolute Gasteiger partial charge is 0.495 e. The van der Waals surface area contributed by atoms with Crippen molar-refractivity contribution >= 4 is 5.97 Å². The van der Waals surface area contributed by atoms with Crippen molar-refractivity contribution in [2.75, 3.05) is 7.11 Å². The van der Waals surface area contributed by atoms with Gasteiger partial charge in [-0.25, -0.2) is 0 Å². The van der Waals surface area contributed by atoms with E-state index in [1.807, 2.05) is 0 Å². The number of aromatic nitrogens is 1. The Morgan fingerprint density at radius 1 is 1.71 bits per heavy atom. The fourth-order valence-electron chi connectivity index (χ4n) is 1.09. The number of rotatable bonds is 4. The summed E-state index contributed by atoms with van der Waals surface area (Å²) >= 11 is 0. The Labute approximate surface area is 81.0 Å². The summed E-state index contributed by atoms with van der Waals surface area (Å²) in [5.41, 5.74) is 0.248. The number of hydrogen-bond acceptors (Lipinski definition) is 4. The molecule has 0 radical (unpaired) electrons. The highest BCUT2D eigenvalue weighted by Crippen LogP contribution is 2.23. The smallest absolute Gasteiger partial charge is 0.306 e. The van der Waals surface area contributed by atoms with Gasteiger partial charge in [0, 0.05) is 6.20 Å². The molecule has 0 aliphatic heterocycles. The van der Waals surface area contributed by atoms with Gasteiger partial charge >= 0.3 is 5.97 Å². The van der Waals surface area contributed by atoms with Gasteiger partial charge in [-0.15, -0.1) is 0 Å². The van der Waals surface area contributed by atoms with E-state index in [2.05, 4.69) is 4.98 Å². The van der Waals surface area contributed by atoms with Gasteiger partial charge in [0.2, 0.25) is 0 Å². The first kappa shape index (κ1) is 10.5. The van der Waals surface area contributed by atoms with Gasteiger partial charge in [-0.2, -0.15) is 0 Å². The Bertz CT molecular complexity index is 326. The summed E-state index contributed by atoms with van der Waals surface area (Å²) in [5.74, 6) is -0.688. The van der Waals surface area contributed by atoms with E-state index >= 15 is 0 Å². The third-order valence-corrected chi connectivity index (χ3v) is 1.70. The average Bonchev–Trinajstić information content (AvgIpc) is 2.16. The number of pyridine rings is 1. The SMILES string of the molecule is COc1cccnc1C(O)CC(=O)O. The number of aliphatic carboxylic acids is 1. The molecular formula is C9H11NO4. The number of carbonyl (C=O) groups is 1. The predicted octanol–water partition coefficient (Wildman–Crippen LogP) is 0.598. The Morgan fingerprint density at radius 2 is 2.43 bits per heavy atom. The molecule has 0 saturated heterocycles. The van der Waals surface area contributed by atoms with Gasteiger partial charge in [-0.1, -0.05) is 0 Å². The molecule has 1 aromatic rings. The molecule has 76 valence electrons. The molecule has 1 unspecified atom stereocenters. The summed E-state index contributed by atoms with van der Waals surface area (Å²) in [4.78, 5) is 14.2. The number of carboxylic acids is 1. The van der Waals surface area contributed by atoms with Crippen molar-refractivity contribution in [1.82, 2.24) is 4.98 Å². The second kappa shape index (κ2) is 4.57. The lowest BCUT2D eigenvalue weighted by atomic mass is 10.1. The van der Waals surface area contributed by atoms with E-state index in [0.29, 0.717) is 5.75 Å². The minimum Gasteiger partial charge on any atom is -0.495 e. The molecule has 2 N–H and O–H groups in total. The first-order valence-corrected chi connectivity index (χ1v) is 4.04. The minimum absolute atomic E-state index is 0.248. The highest BCUT2D eigenvalue weighted by molar-refractivity contribution is 5.67. The number of hydrogen-bond donors (Lipinski definition) is 2. The highest BCUT2D eigenvalue weighted by atomic mass is 16.5. The maximum atomic E-state index is 10.4. The van der Waals surface area contributed by atoms with Crippen LogP contribution in [-0.4, -0.2) is 28.3 Å². The van der Waals surface area contributed by atoms with Crippen LogP contribution in [0.5, 0.6) is 5.75 Å². The molecule has 0 spiro atoms. The first-order chi connectivity index (χ1) is 6.65. The first-order valence-electron chi connectivity index (χ1n) is 4.04. The van der Waals surface area contributed by atoms with E-state index in [9.17, 15) is 9.90 Å². The molecule has 14 heavy (non-hydrogen) atoms. The van der Waals surface area contributed by atoms with E-state index in [0.717, 1.165) is 0 Å². The molecule has 1 atom stereocenters. The second-order valence-corrected chi connectivity index (χ2v) is 2.70. The number of nitrogens with zero attached hydrogens (tertiary/aromatic N) is 1. The third kappa shape index (κ3) is 2.43. The van der Waals surface area contributed by atoms with Gasteiger partial charge in [0.25, 0.3) is 0 Å². The van der Waals surface area contributed by atoms with Crippen LogP contribution in [-0.2, 0) is 4.79 Å². The molecule has 0 aliphatic carbocycles. The van der Waals surface area contributed by atoms with Crippen LogP contribution in [0.25, 0.3) is 0 Å². The zero-order chi connectivity index (χ0) is 10.6. The van der Waals surface area contributed by atoms with Crippen LogP contribution in [0.15, 0.2) is 18.3 Å². The zero-order valence-electron chi connectivity index (χ0n) is 7.67. The van der Waals surface area contributed by atoms with Crippen LogP contribution < -0.4 is 4.74 Å². The van der Waals surface area contributed by atoms with E-state index < -0.39 is 12.1 Å². The van der Waals surface area contributed by atoms with E-state index in [-0.39, 0.29) is 12.1 Å². The molecule has 0 aromatic carbocycles. The van der Waals surface area contributed by atoms with Gasteiger partial charge < -0.3 is 14.9 Å². The molecule has 0 saturated carbocycles. The molecule has 0 bridgehead atoms. The van der Waals surface area contributed by atoms with Gasteiger partial charge in [0.05, 0.1) is 13.5 Å². The number of ether oxygens (including phenoxy) is 1. The number of carboxylic acid groups (broad SMARTS) is 1. The van der Waals surface area contributed by atoms with Crippen LogP contribution in [0.4, 0.5) is 0 Å². The Balaban J connectivity index is 2.87. The van der Waals surface area contributed by atoms with Crippen molar-refractivity contribution in [3.8, 4) is 5.75 Å². The van der Waals surface area contributed by atoms with Crippen LogP contribution in [0.1, 0.15) is 18.2 Å². The van der Waals surface area contributed by atoms with Crippen molar-refractivity contribution < 1.29 is 19.7 Å². The normalized spacial score (nSPS) is 12.1. The van der Waals surface area contributed by atoms with E-state index in [1.54, 1.807) is 12.1 Å². The average molecular weight is 197 g/mol. The van der Waals surface area contributed by atoms with Crippen molar-refractivity contribution in [3.05, 3.63) is 24.0 Å². The molecule has 5 heteroatoms. The highest BCUT2D eigenvalue weighted by Gasteiger charge is 2.17. The zero-order valence-corrected chi connectivity index (χ0v) is 7.67. The van der Waals surface area contributed by atoms with Crippen molar-refractivity contribution in [3.63, 3.8) is 0 Å². The topological polar surface area (TPSA) is 79.7 Å². The van der Waals surface area contributed by atoms with E-state index in [4.69, 9.17) is 9.84 Å². The van der Waals surface area contributed by atoms with Gasteiger partial charge in [-0.3, -0.25) is 9.78 Å². The summed E-state index contributed by atoms with van der Waals surface area (Å²) in [6.45, 7) is 0. The molecule has 5 nitrogen and oxygen atoms in total. The summed E-state index contributed by atoms with van der Waals surface area (Å²) < 4.78 is 4.93. The van der Waals surface area contributed by atoms with Gasteiger partial charge in [-0.05, 0) is 12.1 Å². The fourth-order valence-corrected chi connectivity index (χ4v) is 1.09. The standard InChI is InChI=1S/C9H11NO4/c1-14-7-3-2-4-10-9(7)6(11)5-8(12)13/h2-4,6,11H,5H2,1H3,(H,12,13). The lowest BCUT2D eigenvalue weighted by molar-refractivity contribution is -0.139. The lowest BCUT2D eigenvalue weighted by Crippen LogP contribution is -2.08. The number of aliphatic hydroxyl groups is 1. The molecule has 1 aromatic heterocycles. The quantitative estimate of drug-likeness (QED) is 0.738. The van der Waals surface area contributed by atoms with Crippen molar-refractivity contribution in [1.29, 1.82) is 0 Å². The van der Waals surface area contributed by atoms with Crippen LogP contribution in [0.3, 0.4) is 0 Å². The molecule has 1 rings (SSSR count). The monoisotopic (exact) mass is 197 g/mol. The van der Waals surface area contributed by atoms with Crippen LogP contribution in [0.2, 0.25) is 0 Å². The van der Waals surface area contributed by atoms with Gasteiger partial charge in [0.15, 0.2) is 0 Å². The number of methoxy groups -OCH3 is 1. The molecule has 0 aliphatic rings. The maximum Gasteiger partial charge on any atom is 0.306 e. The minimum atomic E-state index is -1.14. The second-order valence-electron chi connectivity index (χ2n) is 2.70. The summed E-state index contributed by atoms with van der Waals surface area (Å²) in [6.07, 6.45) is -0.0420. The summed E-state index contributed by atoms with van der Waals surface area (Å²) in [5, 5.41) is 18.0. The van der Waals surface area contributed by atoms with Crippen molar-refractivity contribution in [2.24, 2.45) is 0 Å². The van der Waals surface area contributed by atoms with Gasteiger partial charge in [0.1, 0.15) is 17.5 Å². The third-order valence-electron chi connectivity index (χ3n) is 1.70. The fraction of sp³-hybridized carbons (Fsp3) is 0.333. The Morgan fingerprint density at radius 3 is 3.00 bits per heavy atom. The number of aliphatic hydroxyl groups excluding tert-OH is 1.